The Bertz CT molecular complexity index is 788. The van der Waals surface area contributed by atoms with Crippen molar-refractivity contribution in [2.24, 2.45) is 5.92 Å². The molecule has 0 aliphatic carbocycles. The Balaban J connectivity index is 1.68. The zero-order chi connectivity index (χ0) is 16.4. The molecule has 0 spiro atoms. The van der Waals surface area contributed by atoms with Crippen LogP contribution in [0.25, 0.3) is 0 Å². The van der Waals surface area contributed by atoms with E-state index < -0.39 is 21.9 Å². The Labute approximate surface area is 133 Å². The standard InChI is InChI=1S/C15H16FN3O3S/c16-23(21,22)11-13-8-15(20)19(10-13)14-4-2-12(3-5-14)9-18-7-1-6-17-18/h1-7,13H,8-11H2. The summed E-state index contributed by atoms with van der Waals surface area (Å²) in [6.45, 7) is 0.852. The quantitative estimate of drug-likeness (QED) is 0.777. The fourth-order valence-electron chi connectivity index (χ4n) is 2.79. The lowest BCUT2D eigenvalue weighted by molar-refractivity contribution is -0.117. The van der Waals surface area contributed by atoms with Gasteiger partial charge in [-0.1, -0.05) is 12.1 Å². The van der Waals surface area contributed by atoms with Crippen LogP contribution in [0, 0.1) is 5.92 Å². The van der Waals surface area contributed by atoms with Crippen LogP contribution in [0.5, 0.6) is 0 Å². The molecule has 8 heteroatoms. The highest BCUT2D eigenvalue weighted by atomic mass is 32.3. The van der Waals surface area contributed by atoms with Gasteiger partial charge >= 0.3 is 10.2 Å². The van der Waals surface area contributed by atoms with Crippen LogP contribution >= 0.6 is 0 Å². The molecular weight excluding hydrogens is 321 g/mol. The average molecular weight is 337 g/mol. The first-order valence-corrected chi connectivity index (χ1v) is 8.75. The molecule has 2 heterocycles. The number of carbonyl (C=O) groups is 1. The Hall–Kier alpha value is -2.22. The number of rotatable bonds is 5. The van der Waals surface area contributed by atoms with Crippen LogP contribution in [0.3, 0.4) is 0 Å². The van der Waals surface area contributed by atoms with Crippen molar-refractivity contribution in [1.82, 2.24) is 9.78 Å². The normalized spacial score (nSPS) is 18.6. The molecule has 1 amide bonds. The maximum absolute atomic E-state index is 12.8. The lowest BCUT2D eigenvalue weighted by Crippen LogP contribution is -2.25. The summed E-state index contributed by atoms with van der Waals surface area (Å²) in [5, 5.41) is 4.13. The van der Waals surface area contributed by atoms with Crippen molar-refractivity contribution in [3.05, 3.63) is 48.3 Å². The van der Waals surface area contributed by atoms with E-state index in [2.05, 4.69) is 5.10 Å². The summed E-state index contributed by atoms with van der Waals surface area (Å²) in [7, 11) is -4.56. The lowest BCUT2D eigenvalue weighted by Gasteiger charge is -2.17. The molecule has 6 nitrogen and oxygen atoms in total. The van der Waals surface area contributed by atoms with Crippen LogP contribution in [0.15, 0.2) is 42.7 Å². The van der Waals surface area contributed by atoms with Crippen molar-refractivity contribution in [1.29, 1.82) is 0 Å². The van der Waals surface area contributed by atoms with Crippen molar-refractivity contribution in [2.45, 2.75) is 13.0 Å². The molecule has 23 heavy (non-hydrogen) atoms. The minimum atomic E-state index is -4.56. The summed E-state index contributed by atoms with van der Waals surface area (Å²) < 4.78 is 36.0. The lowest BCUT2D eigenvalue weighted by atomic mass is 10.1. The first-order valence-electron chi connectivity index (χ1n) is 7.20. The molecule has 1 atom stereocenters. The van der Waals surface area contributed by atoms with Gasteiger partial charge in [-0.3, -0.25) is 9.48 Å². The summed E-state index contributed by atoms with van der Waals surface area (Å²) in [5.41, 5.74) is 1.73. The van der Waals surface area contributed by atoms with E-state index in [1.165, 1.54) is 4.90 Å². The third kappa shape index (κ3) is 3.95. The van der Waals surface area contributed by atoms with Crippen molar-refractivity contribution < 1.29 is 17.1 Å². The van der Waals surface area contributed by atoms with Crippen LogP contribution in [0.2, 0.25) is 0 Å². The molecule has 0 saturated carbocycles. The average Bonchev–Trinajstić information content (AvgIpc) is 3.08. The van der Waals surface area contributed by atoms with Crippen molar-refractivity contribution in [2.75, 3.05) is 17.2 Å². The molecule has 1 aromatic carbocycles. The van der Waals surface area contributed by atoms with Crippen LogP contribution in [-0.2, 0) is 21.6 Å². The largest absolute Gasteiger partial charge is 0.312 e. The number of halogens is 1. The number of benzene rings is 1. The molecular formula is C15H16FN3O3S. The molecule has 0 radical (unpaired) electrons. The second-order valence-corrected chi connectivity index (χ2v) is 7.06. The fraction of sp³-hybridized carbons (Fsp3) is 0.333. The van der Waals surface area contributed by atoms with E-state index in [9.17, 15) is 17.1 Å². The van der Waals surface area contributed by atoms with Gasteiger partial charge in [0.05, 0.1) is 12.3 Å². The van der Waals surface area contributed by atoms with Crippen molar-refractivity contribution in [3.63, 3.8) is 0 Å². The highest BCUT2D eigenvalue weighted by Crippen LogP contribution is 2.26. The van der Waals surface area contributed by atoms with Gasteiger partial charge < -0.3 is 4.90 Å². The molecule has 1 fully saturated rings. The summed E-state index contributed by atoms with van der Waals surface area (Å²) in [4.78, 5) is 13.5. The predicted molar refractivity (Wildman–Crippen MR) is 83.1 cm³/mol. The Kier molecular flexibility index (Phi) is 4.16. The molecule has 0 bridgehead atoms. The minimum absolute atomic E-state index is 0.0538. The smallest absolute Gasteiger partial charge is 0.302 e. The van der Waals surface area contributed by atoms with E-state index in [1.54, 1.807) is 10.9 Å². The number of nitrogens with zero attached hydrogens (tertiary/aromatic N) is 3. The van der Waals surface area contributed by atoms with Crippen LogP contribution in [0.4, 0.5) is 9.57 Å². The molecule has 1 aliphatic heterocycles. The first-order chi connectivity index (χ1) is 10.9. The molecule has 3 rings (SSSR count). The molecule has 122 valence electrons. The van der Waals surface area contributed by atoms with Gasteiger partial charge in [-0.2, -0.15) is 13.5 Å². The van der Waals surface area contributed by atoms with Gasteiger partial charge in [0, 0.05) is 37.0 Å². The zero-order valence-corrected chi connectivity index (χ0v) is 13.1. The summed E-state index contributed by atoms with van der Waals surface area (Å²) in [6, 6.07) is 9.25. The topological polar surface area (TPSA) is 72.3 Å². The maximum atomic E-state index is 12.8. The number of aromatic nitrogens is 2. The molecule has 1 unspecified atom stereocenters. The Morgan fingerprint density at radius 3 is 2.61 bits per heavy atom. The van der Waals surface area contributed by atoms with Gasteiger partial charge in [0.1, 0.15) is 0 Å². The zero-order valence-electron chi connectivity index (χ0n) is 12.3. The van der Waals surface area contributed by atoms with E-state index in [0.717, 1.165) is 5.56 Å². The van der Waals surface area contributed by atoms with Gasteiger partial charge in [-0.05, 0) is 23.8 Å². The summed E-state index contributed by atoms with van der Waals surface area (Å²) >= 11 is 0. The molecule has 1 aliphatic rings. The molecule has 2 aromatic rings. The highest BCUT2D eigenvalue weighted by molar-refractivity contribution is 7.86. The van der Waals surface area contributed by atoms with Crippen LogP contribution in [0.1, 0.15) is 12.0 Å². The fourth-order valence-corrected chi connectivity index (χ4v) is 3.57. The van der Waals surface area contributed by atoms with E-state index in [1.807, 2.05) is 36.5 Å². The third-order valence-corrected chi connectivity index (χ3v) is 4.66. The first kappa shape index (κ1) is 15.7. The van der Waals surface area contributed by atoms with Gasteiger partial charge in [0.2, 0.25) is 5.91 Å². The van der Waals surface area contributed by atoms with Crippen molar-refractivity contribution in [3.8, 4) is 0 Å². The van der Waals surface area contributed by atoms with E-state index in [-0.39, 0.29) is 18.9 Å². The number of hydrogen-bond acceptors (Lipinski definition) is 4. The Morgan fingerprint density at radius 2 is 2.00 bits per heavy atom. The predicted octanol–water partition coefficient (Wildman–Crippen LogP) is 1.58. The van der Waals surface area contributed by atoms with Crippen LogP contribution in [-0.4, -0.2) is 36.4 Å². The molecule has 1 saturated heterocycles. The van der Waals surface area contributed by atoms with Crippen molar-refractivity contribution >= 4 is 21.8 Å². The Morgan fingerprint density at radius 1 is 1.26 bits per heavy atom. The SMILES string of the molecule is O=C1CC(CS(=O)(=O)F)CN1c1ccc(Cn2cccn2)cc1. The van der Waals surface area contributed by atoms with E-state index >= 15 is 0 Å². The minimum Gasteiger partial charge on any atom is -0.312 e. The summed E-state index contributed by atoms with van der Waals surface area (Å²) in [5.74, 6) is -1.29. The highest BCUT2D eigenvalue weighted by Gasteiger charge is 2.33. The maximum Gasteiger partial charge on any atom is 0.302 e. The van der Waals surface area contributed by atoms with E-state index in [4.69, 9.17) is 0 Å². The van der Waals surface area contributed by atoms with Crippen LogP contribution < -0.4 is 4.90 Å². The number of anilines is 1. The number of carbonyl (C=O) groups excluding carboxylic acids is 1. The summed E-state index contributed by atoms with van der Waals surface area (Å²) in [6.07, 6.45) is 3.62. The third-order valence-electron chi connectivity index (χ3n) is 3.79. The number of amides is 1. The number of hydrogen-bond donors (Lipinski definition) is 0. The second-order valence-electron chi connectivity index (χ2n) is 5.65. The molecule has 1 aromatic heterocycles. The monoisotopic (exact) mass is 337 g/mol. The van der Waals surface area contributed by atoms with Gasteiger partial charge in [-0.25, -0.2) is 0 Å². The van der Waals surface area contributed by atoms with Gasteiger partial charge in [0.15, 0.2) is 0 Å². The second kappa shape index (κ2) is 6.11. The van der Waals surface area contributed by atoms with E-state index in [0.29, 0.717) is 12.2 Å². The van der Waals surface area contributed by atoms with Gasteiger partial charge in [-0.15, -0.1) is 3.89 Å². The molecule has 0 N–H and O–H groups in total. The van der Waals surface area contributed by atoms with Gasteiger partial charge in [0.25, 0.3) is 0 Å².